The summed E-state index contributed by atoms with van der Waals surface area (Å²) in [5.41, 5.74) is 1.21. The number of carbonyl (C=O) groups excluding carboxylic acids is 1. The van der Waals surface area contributed by atoms with Gasteiger partial charge in [-0.3, -0.25) is 4.79 Å². The second kappa shape index (κ2) is 6.99. The summed E-state index contributed by atoms with van der Waals surface area (Å²) in [5, 5.41) is 1.11. The number of hydrogen-bond acceptors (Lipinski definition) is 5. The summed E-state index contributed by atoms with van der Waals surface area (Å²) in [4.78, 5) is 24.3. The Labute approximate surface area is 148 Å². The van der Waals surface area contributed by atoms with E-state index in [0.29, 0.717) is 32.9 Å². The number of rotatable bonds is 4. The van der Waals surface area contributed by atoms with Crippen molar-refractivity contribution in [1.82, 2.24) is 0 Å². The highest BCUT2D eigenvalue weighted by molar-refractivity contribution is 6.31. The zero-order chi connectivity index (χ0) is 18.0. The molecule has 0 amide bonds. The number of hydrogen-bond donors (Lipinski definition) is 0. The molecule has 0 radical (unpaired) electrons. The molecule has 0 unspecified atom stereocenters. The van der Waals surface area contributed by atoms with E-state index in [2.05, 4.69) is 0 Å². The lowest BCUT2D eigenvalue weighted by atomic mass is 9.95. The third-order valence-corrected chi connectivity index (χ3v) is 4.12. The van der Waals surface area contributed by atoms with Crippen molar-refractivity contribution in [3.8, 4) is 16.9 Å². The van der Waals surface area contributed by atoms with Crippen LogP contribution in [0.1, 0.15) is 5.56 Å². The van der Waals surface area contributed by atoms with Crippen LogP contribution in [0.15, 0.2) is 51.7 Å². The van der Waals surface area contributed by atoms with Crippen LogP contribution >= 0.6 is 11.6 Å². The minimum atomic E-state index is -0.596. The van der Waals surface area contributed by atoms with E-state index < -0.39 is 11.6 Å². The monoisotopic (exact) mass is 358 g/mol. The van der Waals surface area contributed by atoms with Gasteiger partial charge in [-0.2, -0.15) is 0 Å². The van der Waals surface area contributed by atoms with Gasteiger partial charge in [0.1, 0.15) is 11.3 Å². The molecule has 1 aromatic heterocycles. The summed E-state index contributed by atoms with van der Waals surface area (Å²) >= 11 is 6.13. The van der Waals surface area contributed by atoms with Gasteiger partial charge in [0.05, 0.1) is 26.2 Å². The molecule has 3 aromatic rings. The lowest BCUT2D eigenvalue weighted by molar-refractivity contribution is -0.139. The Morgan fingerprint density at radius 3 is 2.64 bits per heavy atom. The Morgan fingerprint density at radius 2 is 1.92 bits per heavy atom. The van der Waals surface area contributed by atoms with Gasteiger partial charge in [0, 0.05) is 21.5 Å². The molecule has 0 fully saturated rings. The lowest BCUT2D eigenvalue weighted by Crippen LogP contribution is -2.16. The third-order valence-electron chi connectivity index (χ3n) is 3.89. The maximum absolute atomic E-state index is 12.5. The molecular formula is C19H15ClO5. The fourth-order valence-corrected chi connectivity index (χ4v) is 2.92. The molecule has 0 atom stereocenters. The summed E-state index contributed by atoms with van der Waals surface area (Å²) in [7, 11) is 2.81. The zero-order valence-electron chi connectivity index (χ0n) is 13.7. The molecule has 0 spiro atoms. The molecule has 6 heteroatoms. The molecule has 0 saturated heterocycles. The van der Waals surface area contributed by atoms with Crippen molar-refractivity contribution in [2.45, 2.75) is 6.42 Å². The summed E-state index contributed by atoms with van der Waals surface area (Å²) in [6.45, 7) is 0. The molecule has 1 heterocycles. The van der Waals surface area contributed by atoms with E-state index in [4.69, 9.17) is 25.5 Å². The quantitative estimate of drug-likeness (QED) is 0.523. The number of benzene rings is 2. The topological polar surface area (TPSA) is 65.7 Å². The smallest absolute Gasteiger partial charge is 0.340 e. The molecular weight excluding hydrogens is 344 g/mol. The zero-order valence-corrected chi connectivity index (χ0v) is 14.4. The van der Waals surface area contributed by atoms with Crippen LogP contribution in [-0.2, 0) is 16.0 Å². The summed E-state index contributed by atoms with van der Waals surface area (Å²) in [6, 6.07) is 12.2. The van der Waals surface area contributed by atoms with Crippen LogP contribution in [0.25, 0.3) is 22.1 Å². The van der Waals surface area contributed by atoms with E-state index >= 15 is 0 Å². The van der Waals surface area contributed by atoms with Crippen LogP contribution < -0.4 is 10.4 Å². The number of ether oxygens (including phenoxy) is 2. The minimum absolute atomic E-state index is 0.200. The van der Waals surface area contributed by atoms with E-state index in [9.17, 15) is 9.59 Å². The Kier molecular flexibility index (Phi) is 4.76. The van der Waals surface area contributed by atoms with E-state index in [1.54, 1.807) is 31.4 Å². The highest BCUT2D eigenvalue weighted by atomic mass is 35.5. The van der Waals surface area contributed by atoms with Gasteiger partial charge in [0.15, 0.2) is 0 Å². The molecule has 128 valence electrons. The van der Waals surface area contributed by atoms with Gasteiger partial charge >= 0.3 is 11.6 Å². The Bertz CT molecular complexity index is 1010. The first-order valence-electron chi connectivity index (χ1n) is 7.50. The van der Waals surface area contributed by atoms with Crippen LogP contribution in [0.5, 0.6) is 5.75 Å². The van der Waals surface area contributed by atoms with Crippen LogP contribution in [0.3, 0.4) is 0 Å². The molecule has 0 aliphatic rings. The van der Waals surface area contributed by atoms with Crippen molar-refractivity contribution >= 4 is 28.5 Å². The van der Waals surface area contributed by atoms with Crippen molar-refractivity contribution in [2.75, 3.05) is 14.2 Å². The summed E-state index contributed by atoms with van der Waals surface area (Å²) in [5.74, 6) is 0.0327. The van der Waals surface area contributed by atoms with E-state index in [1.165, 1.54) is 7.11 Å². The highest BCUT2D eigenvalue weighted by Crippen LogP contribution is 2.37. The van der Waals surface area contributed by atoms with Crippen molar-refractivity contribution in [3.63, 3.8) is 0 Å². The van der Waals surface area contributed by atoms with E-state index in [0.717, 1.165) is 0 Å². The van der Waals surface area contributed by atoms with Gasteiger partial charge in [0.25, 0.3) is 0 Å². The van der Waals surface area contributed by atoms with Crippen molar-refractivity contribution in [1.29, 1.82) is 0 Å². The van der Waals surface area contributed by atoms with Crippen LogP contribution in [-0.4, -0.2) is 20.2 Å². The molecule has 0 saturated carbocycles. The van der Waals surface area contributed by atoms with Crippen LogP contribution in [0.4, 0.5) is 0 Å². The predicted octanol–water partition coefficient (Wildman–Crippen LogP) is 3.84. The maximum Gasteiger partial charge on any atom is 0.340 e. The number of fused-ring (bicyclic) bond motifs is 1. The Hall–Kier alpha value is -2.79. The number of methoxy groups -OCH3 is 2. The first-order valence-corrected chi connectivity index (χ1v) is 7.88. The molecule has 0 aliphatic carbocycles. The first kappa shape index (κ1) is 17.0. The number of esters is 1. The van der Waals surface area contributed by atoms with Crippen LogP contribution in [0, 0.1) is 0 Å². The SMILES string of the molecule is COC(=O)Cc1c(-c2ccccc2OC)c2cc(Cl)ccc2oc1=O. The fraction of sp³-hybridized carbons (Fsp3) is 0.158. The largest absolute Gasteiger partial charge is 0.496 e. The van der Waals surface area contributed by atoms with Gasteiger partial charge in [0.2, 0.25) is 0 Å². The number of para-hydroxylation sites is 1. The van der Waals surface area contributed by atoms with Crippen molar-refractivity contribution in [3.05, 3.63) is 63.5 Å². The molecule has 3 rings (SSSR count). The highest BCUT2D eigenvalue weighted by Gasteiger charge is 2.21. The van der Waals surface area contributed by atoms with E-state index in [-0.39, 0.29) is 12.0 Å². The molecule has 0 bridgehead atoms. The van der Waals surface area contributed by atoms with Gasteiger partial charge in [-0.1, -0.05) is 29.8 Å². The number of carbonyl (C=O) groups is 1. The van der Waals surface area contributed by atoms with Gasteiger partial charge in [-0.25, -0.2) is 4.79 Å². The fourth-order valence-electron chi connectivity index (χ4n) is 2.75. The van der Waals surface area contributed by atoms with Crippen molar-refractivity contribution < 1.29 is 18.7 Å². The van der Waals surface area contributed by atoms with Crippen LogP contribution in [0.2, 0.25) is 5.02 Å². The second-order valence-corrected chi connectivity index (χ2v) is 5.77. The Morgan fingerprint density at radius 1 is 1.16 bits per heavy atom. The summed E-state index contributed by atoms with van der Waals surface area (Å²) < 4.78 is 15.5. The van der Waals surface area contributed by atoms with Gasteiger partial charge in [-0.15, -0.1) is 0 Å². The standard InChI is InChI=1S/C19H15ClO5/c1-23-15-6-4-3-5-12(15)18-13-9-11(20)7-8-16(13)25-19(22)14(18)10-17(21)24-2/h3-9H,10H2,1-2H3. The normalized spacial score (nSPS) is 10.7. The average Bonchev–Trinajstić information content (AvgIpc) is 2.62. The first-order chi connectivity index (χ1) is 12.0. The van der Waals surface area contributed by atoms with E-state index in [1.807, 2.05) is 18.2 Å². The Balaban J connectivity index is 2.43. The van der Waals surface area contributed by atoms with Gasteiger partial charge < -0.3 is 13.9 Å². The number of halogens is 1. The molecule has 2 aromatic carbocycles. The third kappa shape index (κ3) is 3.23. The maximum atomic E-state index is 12.5. The predicted molar refractivity (Wildman–Crippen MR) is 95.2 cm³/mol. The second-order valence-electron chi connectivity index (χ2n) is 5.34. The average molecular weight is 359 g/mol. The minimum Gasteiger partial charge on any atom is -0.496 e. The molecule has 5 nitrogen and oxygen atoms in total. The summed E-state index contributed by atoms with van der Waals surface area (Å²) in [6.07, 6.45) is -0.214. The lowest BCUT2D eigenvalue weighted by Gasteiger charge is -2.14. The molecule has 0 aliphatic heterocycles. The molecule has 25 heavy (non-hydrogen) atoms. The van der Waals surface area contributed by atoms with Crippen molar-refractivity contribution in [2.24, 2.45) is 0 Å². The van der Waals surface area contributed by atoms with Gasteiger partial charge in [-0.05, 0) is 24.3 Å². The molecule has 0 N–H and O–H groups in total.